The molecule has 4 heteroatoms. The number of likely N-dealkylation sites (N-methyl/N-ethyl adjacent to an activating group) is 1. The van der Waals surface area contributed by atoms with Crippen molar-refractivity contribution in [3.8, 4) is 0 Å². The molecule has 1 aromatic carbocycles. The first-order valence-corrected chi connectivity index (χ1v) is 6.25. The number of sulfone groups is 1. The summed E-state index contributed by atoms with van der Waals surface area (Å²) in [4.78, 5) is 0.891. The number of rotatable bonds is 2. The summed E-state index contributed by atoms with van der Waals surface area (Å²) in [6.07, 6.45) is 1.76. The summed E-state index contributed by atoms with van der Waals surface area (Å²) in [6.45, 7) is 2.31. The highest BCUT2D eigenvalue weighted by molar-refractivity contribution is 7.95. The van der Waals surface area contributed by atoms with Gasteiger partial charge in [-0.05, 0) is 37.2 Å². The van der Waals surface area contributed by atoms with Gasteiger partial charge in [-0.15, -0.1) is 0 Å². The van der Waals surface area contributed by atoms with Crippen LogP contribution in [-0.4, -0.2) is 22.0 Å². The molecule has 0 radical (unpaired) electrons. The monoisotopic (exact) mass is 223 g/mol. The van der Waals surface area contributed by atoms with Crippen molar-refractivity contribution in [1.29, 1.82) is 0 Å². The number of benzene rings is 1. The second-order valence-electron chi connectivity index (χ2n) is 3.63. The fraction of sp³-hybridized carbons (Fsp3) is 0.273. The number of hydrogen-bond donors (Lipinski definition) is 1. The number of nitrogens with one attached hydrogen (secondary N) is 1. The molecule has 1 N–H and O–H groups in total. The van der Waals surface area contributed by atoms with E-state index in [4.69, 9.17) is 0 Å². The van der Waals surface area contributed by atoms with Crippen molar-refractivity contribution < 1.29 is 8.42 Å². The van der Waals surface area contributed by atoms with Gasteiger partial charge in [-0.2, -0.15) is 0 Å². The van der Waals surface area contributed by atoms with Crippen LogP contribution >= 0.6 is 0 Å². The summed E-state index contributed by atoms with van der Waals surface area (Å²) < 4.78 is 24.0. The van der Waals surface area contributed by atoms with E-state index in [0.717, 1.165) is 11.1 Å². The molecule has 0 fully saturated rings. The van der Waals surface area contributed by atoms with Gasteiger partial charge in [0.15, 0.2) is 0 Å². The summed E-state index contributed by atoms with van der Waals surface area (Å²) in [5.74, 6) is 0. The van der Waals surface area contributed by atoms with Crippen LogP contribution in [-0.2, 0) is 9.84 Å². The highest BCUT2D eigenvalue weighted by Gasteiger charge is 2.29. The SMILES string of the molecule is CNCC1=Cc2c(C)cccc2S1(=O)=O. The van der Waals surface area contributed by atoms with Crippen LogP contribution in [0.3, 0.4) is 0 Å². The van der Waals surface area contributed by atoms with E-state index in [0.29, 0.717) is 16.3 Å². The van der Waals surface area contributed by atoms with Crippen LogP contribution in [0.2, 0.25) is 0 Å². The smallest absolute Gasteiger partial charge is 0.204 e. The molecule has 0 unspecified atom stereocenters. The first-order chi connectivity index (χ1) is 7.07. The molecule has 1 aliphatic heterocycles. The molecule has 0 bridgehead atoms. The van der Waals surface area contributed by atoms with Gasteiger partial charge in [0, 0.05) is 6.54 Å². The quantitative estimate of drug-likeness (QED) is 0.823. The van der Waals surface area contributed by atoms with Crippen LogP contribution in [0.1, 0.15) is 11.1 Å². The van der Waals surface area contributed by atoms with Crippen LogP contribution in [0.5, 0.6) is 0 Å². The summed E-state index contributed by atoms with van der Waals surface area (Å²) >= 11 is 0. The lowest BCUT2D eigenvalue weighted by molar-refractivity contribution is 0.601. The Morgan fingerprint density at radius 3 is 2.67 bits per heavy atom. The van der Waals surface area contributed by atoms with Gasteiger partial charge in [-0.3, -0.25) is 0 Å². The molecule has 0 saturated heterocycles. The highest BCUT2D eigenvalue weighted by Crippen LogP contribution is 2.33. The number of aryl methyl sites for hydroxylation is 1. The molecule has 3 nitrogen and oxygen atoms in total. The van der Waals surface area contributed by atoms with Crippen molar-refractivity contribution in [3.05, 3.63) is 34.2 Å². The van der Waals surface area contributed by atoms with Crippen molar-refractivity contribution in [1.82, 2.24) is 5.32 Å². The van der Waals surface area contributed by atoms with Crippen molar-refractivity contribution in [2.45, 2.75) is 11.8 Å². The zero-order valence-electron chi connectivity index (χ0n) is 8.74. The molecular formula is C11H13NO2S. The molecule has 1 heterocycles. The summed E-state index contributed by atoms with van der Waals surface area (Å²) in [5.41, 5.74) is 1.84. The average Bonchev–Trinajstić information content (AvgIpc) is 2.43. The Kier molecular flexibility index (Phi) is 2.40. The molecule has 80 valence electrons. The van der Waals surface area contributed by atoms with Crippen molar-refractivity contribution >= 4 is 15.9 Å². The molecule has 0 amide bonds. The zero-order valence-corrected chi connectivity index (χ0v) is 9.56. The molecule has 1 aromatic rings. The fourth-order valence-electron chi connectivity index (χ4n) is 1.77. The maximum Gasteiger partial charge on any atom is 0.204 e. The van der Waals surface area contributed by atoms with E-state index >= 15 is 0 Å². The van der Waals surface area contributed by atoms with Crippen LogP contribution < -0.4 is 5.32 Å². The predicted molar refractivity (Wildman–Crippen MR) is 60.3 cm³/mol. The first kappa shape index (κ1) is 10.4. The van der Waals surface area contributed by atoms with Crippen LogP contribution in [0, 0.1) is 6.92 Å². The van der Waals surface area contributed by atoms with Gasteiger partial charge in [0.25, 0.3) is 0 Å². The van der Waals surface area contributed by atoms with Gasteiger partial charge < -0.3 is 5.32 Å². The van der Waals surface area contributed by atoms with Gasteiger partial charge in [-0.1, -0.05) is 12.1 Å². The van der Waals surface area contributed by atoms with E-state index in [1.54, 1.807) is 25.3 Å². The van der Waals surface area contributed by atoms with Crippen molar-refractivity contribution in [3.63, 3.8) is 0 Å². The number of hydrogen-bond acceptors (Lipinski definition) is 3. The lowest BCUT2D eigenvalue weighted by Crippen LogP contribution is -2.14. The molecule has 0 saturated carbocycles. The Morgan fingerprint density at radius 1 is 1.33 bits per heavy atom. The van der Waals surface area contributed by atoms with E-state index in [1.807, 2.05) is 13.0 Å². The maximum absolute atomic E-state index is 12.0. The minimum atomic E-state index is -3.23. The molecule has 1 aliphatic rings. The predicted octanol–water partition coefficient (Wildman–Crippen LogP) is 1.34. The highest BCUT2D eigenvalue weighted by atomic mass is 32.2. The molecular weight excluding hydrogens is 210 g/mol. The lowest BCUT2D eigenvalue weighted by atomic mass is 10.1. The average molecular weight is 223 g/mol. The third-order valence-corrected chi connectivity index (χ3v) is 4.46. The zero-order chi connectivity index (χ0) is 11.1. The van der Waals surface area contributed by atoms with Gasteiger partial charge in [0.1, 0.15) is 0 Å². The molecule has 0 aliphatic carbocycles. The summed E-state index contributed by atoms with van der Waals surface area (Å²) in [5, 5.41) is 2.87. The second-order valence-corrected chi connectivity index (χ2v) is 5.60. The van der Waals surface area contributed by atoms with Crippen LogP contribution in [0.15, 0.2) is 28.0 Å². The van der Waals surface area contributed by atoms with Crippen molar-refractivity contribution in [2.24, 2.45) is 0 Å². The molecule has 15 heavy (non-hydrogen) atoms. The van der Waals surface area contributed by atoms with E-state index in [1.165, 1.54) is 0 Å². The Bertz CT molecular complexity index is 530. The van der Waals surface area contributed by atoms with Gasteiger partial charge in [-0.25, -0.2) is 8.42 Å². The number of fused-ring (bicyclic) bond motifs is 1. The van der Waals surface area contributed by atoms with E-state index in [9.17, 15) is 8.42 Å². The maximum atomic E-state index is 12.0. The lowest BCUT2D eigenvalue weighted by Gasteiger charge is -2.03. The third kappa shape index (κ3) is 1.50. The Labute approximate surface area is 89.7 Å². The Hall–Kier alpha value is -1.13. The standard InChI is InChI=1S/C11H13NO2S/c1-8-4-3-5-11-10(8)6-9(7-12-2)15(11,13)14/h3-6,12H,7H2,1-2H3. The molecule has 0 spiro atoms. The summed E-state index contributed by atoms with van der Waals surface area (Å²) in [6, 6.07) is 5.37. The van der Waals surface area contributed by atoms with Crippen molar-refractivity contribution in [2.75, 3.05) is 13.6 Å². The van der Waals surface area contributed by atoms with E-state index < -0.39 is 9.84 Å². The third-order valence-electron chi connectivity index (χ3n) is 2.58. The Balaban J connectivity index is 2.64. The van der Waals surface area contributed by atoms with E-state index in [-0.39, 0.29) is 0 Å². The van der Waals surface area contributed by atoms with Gasteiger partial charge in [0.2, 0.25) is 9.84 Å². The van der Waals surface area contributed by atoms with Gasteiger partial charge >= 0.3 is 0 Å². The normalized spacial score (nSPS) is 17.3. The second kappa shape index (κ2) is 3.47. The molecule has 2 rings (SSSR count). The Morgan fingerprint density at radius 2 is 2.07 bits per heavy atom. The van der Waals surface area contributed by atoms with E-state index in [2.05, 4.69) is 5.32 Å². The van der Waals surface area contributed by atoms with Gasteiger partial charge in [0.05, 0.1) is 9.80 Å². The van der Waals surface area contributed by atoms with Crippen LogP contribution in [0.25, 0.3) is 6.08 Å². The summed E-state index contributed by atoms with van der Waals surface area (Å²) in [7, 11) is -1.49. The fourth-order valence-corrected chi connectivity index (χ4v) is 3.43. The minimum absolute atomic E-state index is 0.385. The minimum Gasteiger partial charge on any atom is -0.315 e. The first-order valence-electron chi connectivity index (χ1n) is 4.77. The molecule has 0 aromatic heterocycles. The molecule has 0 atom stereocenters. The van der Waals surface area contributed by atoms with Crippen LogP contribution in [0.4, 0.5) is 0 Å². The largest absolute Gasteiger partial charge is 0.315 e. The topological polar surface area (TPSA) is 46.2 Å².